The average Bonchev–Trinajstić information content (AvgIpc) is 3.20. The molecule has 2 heterocycles. The summed E-state index contributed by atoms with van der Waals surface area (Å²) < 4.78 is 27.9. The zero-order valence-corrected chi connectivity index (χ0v) is 21.4. The lowest BCUT2D eigenvalue weighted by Crippen LogP contribution is -2.46. The second kappa shape index (κ2) is 12.5. The lowest BCUT2D eigenvalue weighted by atomic mass is 10.1. The highest BCUT2D eigenvalue weighted by Crippen LogP contribution is 2.33. The van der Waals surface area contributed by atoms with E-state index in [0.29, 0.717) is 38.7 Å². The molecule has 1 saturated heterocycles. The Hall–Kier alpha value is -2.78. The van der Waals surface area contributed by atoms with E-state index in [1.165, 1.54) is 6.07 Å². The lowest BCUT2D eigenvalue weighted by molar-refractivity contribution is 0.00243. The Morgan fingerprint density at radius 3 is 2.50 bits per heavy atom. The van der Waals surface area contributed by atoms with Gasteiger partial charge in [0.2, 0.25) is 5.88 Å². The number of nitrogens with zero attached hydrogens (tertiary/aromatic N) is 4. The summed E-state index contributed by atoms with van der Waals surface area (Å²) in [4.78, 5) is 4.51. The van der Waals surface area contributed by atoms with Gasteiger partial charge in [-0.25, -0.2) is 9.07 Å². The van der Waals surface area contributed by atoms with Crippen LogP contribution in [0.3, 0.4) is 0 Å². The van der Waals surface area contributed by atoms with Crippen molar-refractivity contribution in [1.82, 2.24) is 19.6 Å². The standard InChI is InChI=1S/C28H37FN4O3/c1-4-21(2)32(19-24(34)18-31-14-16-35-17-15-31)20-25-22(3)30-33(23-10-6-5-7-11-23)28(25)36-27-13-9-8-12-26(27)29/h5-13,21,24,34H,4,14-20H2,1-3H3/t21-,24+/m1/s1. The molecule has 0 unspecified atom stereocenters. The maximum Gasteiger partial charge on any atom is 0.227 e. The van der Waals surface area contributed by atoms with Gasteiger partial charge in [-0.2, -0.15) is 5.10 Å². The number of aryl methyl sites for hydroxylation is 1. The molecule has 7 nitrogen and oxygen atoms in total. The number of para-hydroxylation sites is 2. The first-order chi connectivity index (χ1) is 17.5. The van der Waals surface area contributed by atoms with Crippen LogP contribution in [0.4, 0.5) is 4.39 Å². The van der Waals surface area contributed by atoms with Crippen molar-refractivity contribution in [3.8, 4) is 17.3 Å². The van der Waals surface area contributed by atoms with Gasteiger partial charge in [0, 0.05) is 38.8 Å². The van der Waals surface area contributed by atoms with Crippen molar-refractivity contribution in [3.05, 3.63) is 71.7 Å². The highest BCUT2D eigenvalue weighted by molar-refractivity contribution is 5.43. The minimum atomic E-state index is -0.502. The summed E-state index contributed by atoms with van der Waals surface area (Å²) in [7, 11) is 0. The van der Waals surface area contributed by atoms with Gasteiger partial charge in [0.15, 0.2) is 11.6 Å². The van der Waals surface area contributed by atoms with Crippen LogP contribution in [0.2, 0.25) is 0 Å². The monoisotopic (exact) mass is 496 g/mol. The molecule has 2 atom stereocenters. The van der Waals surface area contributed by atoms with Gasteiger partial charge in [0.25, 0.3) is 0 Å². The molecule has 1 aliphatic heterocycles. The van der Waals surface area contributed by atoms with Crippen molar-refractivity contribution in [2.75, 3.05) is 39.4 Å². The van der Waals surface area contributed by atoms with Crippen molar-refractivity contribution in [2.45, 2.75) is 45.9 Å². The average molecular weight is 497 g/mol. The van der Waals surface area contributed by atoms with E-state index in [4.69, 9.17) is 14.6 Å². The van der Waals surface area contributed by atoms with Gasteiger partial charge in [0.05, 0.1) is 36.3 Å². The Balaban J connectivity index is 1.63. The predicted octanol–water partition coefficient (Wildman–Crippen LogP) is 4.41. The zero-order valence-electron chi connectivity index (χ0n) is 21.4. The van der Waals surface area contributed by atoms with Gasteiger partial charge in [-0.3, -0.25) is 9.80 Å². The molecule has 194 valence electrons. The van der Waals surface area contributed by atoms with E-state index in [1.807, 2.05) is 37.3 Å². The molecule has 1 N–H and O–H groups in total. The Morgan fingerprint density at radius 2 is 1.81 bits per heavy atom. The number of hydrogen-bond donors (Lipinski definition) is 1. The van der Waals surface area contributed by atoms with Gasteiger partial charge in [-0.15, -0.1) is 0 Å². The number of benzene rings is 2. The van der Waals surface area contributed by atoms with E-state index < -0.39 is 11.9 Å². The summed E-state index contributed by atoms with van der Waals surface area (Å²) in [6.45, 7) is 11.0. The highest BCUT2D eigenvalue weighted by atomic mass is 19.1. The van der Waals surface area contributed by atoms with E-state index in [1.54, 1.807) is 22.9 Å². The molecule has 0 bridgehead atoms. The Labute approximate surface area is 213 Å². The number of halogens is 1. The minimum absolute atomic E-state index is 0.151. The van der Waals surface area contributed by atoms with Gasteiger partial charge in [-0.05, 0) is 44.5 Å². The fourth-order valence-electron chi connectivity index (χ4n) is 4.47. The van der Waals surface area contributed by atoms with Gasteiger partial charge in [0.1, 0.15) is 0 Å². The van der Waals surface area contributed by atoms with E-state index in [9.17, 15) is 9.50 Å². The first-order valence-corrected chi connectivity index (χ1v) is 12.7. The summed E-state index contributed by atoms with van der Waals surface area (Å²) >= 11 is 0. The van der Waals surface area contributed by atoms with Gasteiger partial charge >= 0.3 is 0 Å². The topological polar surface area (TPSA) is 63.0 Å². The van der Waals surface area contributed by atoms with Crippen LogP contribution in [-0.2, 0) is 11.3 Å². The Kier molecular flexibility index (Phi) is 9.09. The van der Waals surface area contributed by atoms with Gasteiger partial charge in [-0.1, -0.05) is 37.3 Å². The minimum Gasteiger partial charge on any atom is -0.435 e. The summed E-state index contributed by atoms with van der Waals surface area (Å²) in [5.41, 5.74) is 2.52. The Morgan fingerprint density at radius 1 is 1.11 bits per heavy atom. The molecule has 2 aromatic carbocycles. The molecule has 0 spiro atoms. The number of ether oxygens (including phenoxy) is 2. The smallest absolute Gasteiger partial charge is 0.227 e. The summed E-state index contributed by atoms with van der Waals surface area (Å²) in [5, 5.41) is 15.7. The maximum atomic E-state index is 14.6. The van der Waals surface area contributed by atoms with Crippen molar-refractivity contribution in [2.24, 2.45) is 0 Å². The molecule has 3 aromatic rings. The Bertz CT molecular complexity index is 1100. The molecular weight excluding hydrogens is 459 g/mol. The number of aliphatic hydroxyl groups is 1. The van der Waals surface area contributed by atoms with Crippen LogP contribution in [0.15, 0.2) is 54.6 Å². The third kappa shape index (κ3) is 6.50. The number of aromatic nitrogens is 2. The molecule has 1 fully saturated rings. The van der Waals surface area contributed by atoms with Gasteiger partial charge < -0.3 is 14.6 Å². The first kappa shape index (κ1) is 26.3. The first-order valence-electron chi connectivity index (χ1n) is 12.7. The molecule has 1 aliphatic rings. The van der Waals surface area contributed by atoms with E-state index in [0.717, 1.165) is 36.5 Å². The van der Waals surface area contributed by atoms with Crippen LogP contribution in [0.5, 0.6) is 11.6 Å². The number of hydrogen-bond acceptors (Lipinski definition) is 6. The van der Waals surface area contributed by atoms with Crippen LogP contribution < -0.4 is 4.74 Å². The molecule has 0 aliphatic carbocycles. The zero-order chi connectivity index (χ0) is 25.5. The fourth-order valence-corrected chi connectivity index (χ4v) is 4.47. The third-order valence-electron chi connectivity index (χ3n) is 6.77. The SMILES string of the molecule is CC[C@@H](C)N(Cc1c(C)nn(-c2ccccc2)c1Oc1ccccc1F)C[C@@H](O)CN1CCOCC1. The number of rotatable bonds is 11. The molecule has 8 heteroatoms. The molecule has 0 saturated carbocycles. The highest BCUT2D eigenvalue weighted by Gasteiger charge is 2.26. The molecule has 4 rings (SSSR count). The maximum absolute atomic E-state index is 14.6. The largest absolute Gasteiger partial charge is 0.435 e. The second-order valence-corrected chi connectivity index (χ2v) is 9.40. The third-order valence-corrected chi connectivity index (χ3v) is 6.77. The normalized spacial score (nSPS) is 16.3. The van der Waals surface area contributed by atoms with Crippen LogP contribution >= 0.6 is 0 Å². The van der Waals surface area contributed by atoms with Crippen molar-refractivity contribution >= 4 is 0 Å². The molecule has 0 radical (unpaired) electrons. The van der Waals surface area contributed by atoms with Crippen molar-refractivity contribution in [3.63, 3.8) is 0 Å². The van der Waals surface area contributed by atoms with Crippen LogP contribution in [-0.4, -0.2) is 76.2 Å². The number of aliphatic hydroxyl groups excluding tert-OH is 1. The summed E-state index contributed by atoms with van der Waals surface area (Å²) in [5.74, 6) is 0.208. The van der Waals surface area contributed by atoms with Crippen LogP contribution in [0.1, 0.15) is 31.5 Å². The van der Waals surface area contributed by atoms with Crippen molar-refractivity contribution in [1.29, 1.82) is 0 Å². The summed E-state index contributed by atoms with van der Waals surface area (Å²) in [6, 6.07) is 16.3. The van der Waals surface area contributed by atoms with Crippen molar-refractivity contribution < 1.29 is 19.0 Å². The second-order valence-electron chi connectivity index (χ2n) is 9.40. The van der Waals surface area contributed by atoms with Crippen LogP contribution in [0, 0.1) is 12.7 Å². The molecular formula is C28H37FN4O3. The predicted molar refractivity (Wildman–Crippen MR) is 138 cm³/mol. The number of β-amino-alcohol motifs (C(OH)–C–C–N with tert-alkyl or cyclic N) is 1. The quantitative estimate of drug-likeness (QED) is 0.425. The van der Waals surface area contributed by atoms with Crippen LogP contribution in [0.25, 0.3) is 5.69 Å². The molecule has 0 amide bonds. The fraction of sp³-hybridized carbons (Fsp3) is 0.464. The summed E-state index contributed by atoms with van der Waals surface area (Å²) in [6.07, 6.45) is 0.428. The van der Waals surface area contributed by atoms with E-state index in [2.05, 4.69) is 23.6 Å². The van der Waals surface area contributed by atoms with E-state index in [-0.39, 0.29) is 11.8 Å². The van der Waals surface area contributed by atoms with E-state index >= 15 is 0 Å². The lowest BCUT2D eigenvalue weighted by Gasteiger charge is -2.33. The molecule has 1 aromatic heterocycles. The number of morpholine rings is 1. The molecule has 36 heavy (non-hydrogen) atoms.